The van der Waals surface area contributed by atoms with Crippen molar-refractivity contribution in [3.63, 3.8) is 0 Å². The molecule has 1 aromatic carbocycles. The Hall–Kier alpha value is -3.75. The maximum absolute atomic E-state index is 13.1. The number of aryl methyl sites for hydroxylation is 2. The molecular formula is C20H21N7O2. The van der Waals surface area contributed by atoms with E-state index in [2.05, 4.69) is 20.5 Å². The van der Waals surface area contributed by atoms with Crippen LogP contribution in [0.15, 0.2) is 41.5 Å². The van der Waals surface area contributed by atoms with Gasteiger partial charge < -0.3 is 9.88 Å². The molecule has 0 aliphatic rings. The number of nitrogens with one attached hydrogen (secondary N) is 1. The number of fused-ring (bicyclic) bond motifs is 1. The SMILES string of the molecule is Cc1cc2c(cc1NC=O)c(=O)n(-c1cccc(-c3nncn3C(C)C)n1)n2C. The second-order valence-electron chi connectivity index (χ2n) is 7.12. The van der Waals surface area contributed by atoms with Crippen molar-refractivity contribution < 1.29 is 4.79 Å². The summed E-state index contributed by atoms with van der Waals surface area (Å²) in [6.45, 7) is 5.96. The Balaban J connectivity index is 1.90. The maximum Gasteiger partial charge on any atom is 0.280 e. The Labute approximate surface area is 166 Å². The normalized spacial score (nSPS) is 11.3. The predicted molar refractivity (Wildman–Crippen MR) is 110 cm³/mol. The Morgan fingerprint density at radius 2 is 2.00 bits per heavy atom. The topological polar surface area (TPSA) is 99.6 Å². The minimum Gasteiger partial charge on any atom is -0.328 e. The van der Waals surface area contributed by atoms with E-state index in [9.17, 15) is 9.59 Å². The van der Waals surface area contributed by atoms with Crippen molar-refractivity contribution in [3.8, 4) is 17.3 Å². The van der Waals surface area contributed by atoms with Gasteiger partial charge in [0.1, 0.15) is 12.0 Å². The van der Waals surface area contributed by atoms with Gasteiger partial charge >= 0.3 is 0 Å². The molecule has 9 nitrogen and oxygen atoms in total. The molecule has 0 atom stereocenters. The molecule has 0 unspecified atom stereocenters. The number of benzene rings is 1. The summed E-state index contributed by atoms with van der Waals surface area (Å²) in [6, 6.07) is 9.20. The molecule has 0 saturated heterocycles. The van der Waals surface area contributed by atoms with Gasteiger partial charge in [0.2, 0.25) is 6.41 Å². The van der Waals surface area contributed by atoms with E-state index in [0.717, 1.165) is 11.1 Å². The highest BCUT2D eigenvalue weighted by Gasteiger charge is 2.17. The van der Waals surface area contributed by atoms with Gasteiger partial charge in [0.05, 0.1) is 10.9 Å². The number of hydrogen-bond donors (Lipinski definition) is 1. The van der Waals surface area contributed by atoms with Gasteiger partial charge in [-0.1, -0.05) is 6.07 Å². The molecule has 0 saturated carbocycles. The first kappa shape index (κ1) is 18.6. The molecule has 4 aromatic rings. The quantitative estimate of drug-likeness (QED) is 0.527. The zero-order chi connectivity index (χ0) is 20.7. The summed E-state index contributed by atoms with van der Waals surface area (Å²) < 4.78 is 5.19. The van der Waals surface area contributed by atoms with E-state index in [4.69, 9.17) is 0 Å². The number of nitrogens with zero attached hydrogens (tertiary/aromatic N) is 6. The monoisotopic (exact) mass is 391 g/mol. The van der Waals surface area contributed by atoms with Crippen molar-refractivity contribution in [1.82, 2.24) is 29.1 Å². The molecule has 0 bridgehead atoms. The fraction of sp³-hybridized carbons (Fsp3) is 0.250. The van der Waals surface area contributed by atoms with Crippen LogP contribution in [0.2, 0.25) is 0 Å². The van der Waals surface area contributed by atoms with Gasteiger partial charge in [-0.05, 0) is 50.6 Å². The molecule has 3 aromatic heterocycles. The Bertz CT molecular complexity index is 1280. The summed E-state index contributed by atoms with van der Waals surface area (Å²) in [6.07, 6.45) is 2.27. The average molecular weight is 391 g/mol. The van der Waals surface area contributed by atoms with E-state index in [-0.39, 0.29) is 11.6 Å². The molecule has 0 aliphatic heterocycles. The van der Waals surface area contributed by atoms with Crippen molar-refractivity contribution in [3.05, 3.63) is 52.6 Å². The second kappa shape index (κ2) is 7.01. The summed E-state index contributed by atoms with van der Waals surface area (Å²) in [4.78, 5) is 28.7. The lowest BCUT2D eigenvalue weighted by Gasteiger charge is -2.11. The largest absolute Gasteiger partial charge is 0.328 e. The van der Waals surface area contributed by atoms with Crippen molar-refractivity contribution in [2.75, 3.05) is 5.32 Å². The summed E-state index contributed by atoms with van der Waals surface area (Å²) in [5.41, 5.74) is 2.64. The van der Waals surface area contributed by atoms with E-state index < -0.39 is 0 Å². The third-order valence-corrected chi connectivity index (χ3v) is 4.94. The molecule has 0 fully saturated rings. The van der Waals surface area contributed by atoms with Gasteiger partial charge in [0.15, 0.2) is 11.6 Å². The van der Waals surface area contributed by atoms with Gasteiger partial charge in [-0.3, -0.25) is 14.3 Å². The van der Waals surface area contributed by atoms with Gasteiger partial charge in [-0.2, -0.15) is 4.68 Å². The minimum absolute atomic E-state index is 0.178. The van der Waals surface area contributed by atoms with E-state index in [1.807, 2.05) is 43.5 Å². The Morgan fingerprint density at radius 3 is 2.72 bits per heavy atom. The first-order valence-electron chi connectivity index (χ1n) is 9.22. The minimum atomic E-state index is -0.216. The van der Waals surface area contributed by atoms with E-state index in [1.165, 1.54) is 4.68 Å². The van der Waals surface area contributed by atoms with Crippen molar-refractivity contribution in [1.29, 1.82) is 0 Å². The van der Waals surface area contributed by atoms with Crippen molar-refractivity contribution in [2.45, 2.75) is 26.8 Å². The first-order valence-corrected chi connectivity index (χ1v) is 9.22. The van der Waals surface area contributed by atoms with Crippen LogP contribution in [0, 0.1) is 6.92 Å². The molecule has 0 radical (unpaired) electrons. The zero-order valence-electron chi connectivity index (χ0n) is 16.6. The number of carbonyl (C=O) groups excluding carboxylic acids is 1. The lowest BCUT2D eigenvalue weighted by molar-refractivity contribution is -0.105. The van der Waals surface area contributed by atoms with Crippen LogP contribution in [0.1, 0.15) is 25.5 Å². The first-order chi connectivity index (χ1) is 13.9. The Morgan fingerprint density at radius 1 is 1.21 bits per heavy atom. The standard InChI is InChI=1S/C20H21N7O2/c1-12(2)26-10-22-24-19(26)15-6-5-7-18(23-15)27-20(29)14-9-16(21-11-28)13(3)8-17(14)25(27)4/h5-12H,1-4H3,(H,21,28). The molecule has 1 amide bonds. The third kappa shape index (κ3) is 3.00. The molecule has 1 N–H and O–H groups in total. The van der Waals surface area contributed by atoms with Crippen LogP contribution >= 0.6 is 0 Å². The lowest BCUT2D eigenvalue weighted by Crippen LogP contribution is -2.20. The number of aromatic nitrogens is 6. The smallest absolute Gasteiger partial charge is 0.280 e. The third-order valence-electron chi connectivity index (χ3n) is 4.94. The zero-order valence-corrected chi connectivity index (χ0v) is 16.6. The van der Waals surface area contributed by atoms with Crippen LogP contribution in [0.25, 0.3) is 28.2 Å². The van der Waals surface area contributed by atoms with E-state index >= 15 is 0 Å². The van der Waals surface area contributed by atoms with Gasteiger partial charge in [0.25, 0.3) is 5.56 Å². The molecule has 4 rings (SSSR count). The number of hydrogen-bond acceptors (Lipinski definition) is 5. The van der Waals surface area contributed by atoms with Gasteiger partial charge in [0, 0.05) is 18.8 Å². The van der Waals surface area contributed by atoms with E-state index in [0.29, 0.717) is 34.8 Å². The van der Waals surface area contributed by atoms with E-state index in [1.54, 1.807) is 30.2 Å². The molecule has 148 valence electrons. The van der Waals surface area contributed by atoms with Crippen LogP contribution in [0.4, 0.5) is 5.69 Å². The van der Waals surface area contributed by atoms with Crippen LogP contribution in [0.5, 0.6) is 0 Å². The van der Waals surface area contributed by atoms with Crippen LogP contribution in [0.3, 0.4) is 0 Å². The van der Waals surface area contributed by atoms with Crippen LogP contribution in [-0.2, 0) is 11.8 Å². The summed E-state index contributed by atoms with van der Waals surface area (Å²) in [5.74, 6) is 1.12. The number of amides is 1. The van der Waals surface area contributed by atoms with Gasteiger partial charge in [-0.25, -0.2) is 4.98 Å². The molecule has 3 heterocycles. The molecule has 29 heavy (non-hydrogen) atoms. The second-order valence-corrected chi connectivity index (χ2v) is 7.12. The van der Waals surface area contributed by atoms with Crippen molar-refractivity contribution >= 4 is 23.0 Å². The molecular weight excluding hydrogens is 370 g/mol. The number of anilines is 1. The fourth-order valence-corrected chi connectivity index (χ4v) is 3.44. The maximum atomic E-state index is 13.1. The highest BCUT2D eigenvalue weighted by atomic mass is 16.1. The highest BCUT2D eigenvalue weighted by Crippen LogP contribution is 2.23. The summed E-state index contributed by atoms with van der Waals surface area (Å²) in [7, 11) is 1.81. The van der Waals surface area contributed by atoms with Crippen LogP contribution in [-0.4, -0.2) is 35.5 Å². The molecule has 9 heteroatoms. The highest BCUT2D eigenvalue weighted by molar-refractivity contribution is 5.87. The molecule has 0 aliphatic carbocycles. The fourth-order valence-electron chi connectivity index (χ4n) is 3.44. The molecule has 0 spiro atoms. The number of rotatable bonds is 5. The predicted octanol–water partition coefficient (Wildman–Crippen LogP) is 2.44. The summed E-state index contributed by atoms with van der Waals surface area (Å²) in [5, 5.41) is 11.3. The van der Waals surface area contributed by atoms with Gasteiger partial charge in [-0.15, -0.1) is 10.2 Å². The van der Waals surface area contributed by atoms with Crippen molar-refractivity contribution in [2.24, 2.45) is 7.05 Å². The average Bonchev–Trinajstić information content (AvgIpc) is 3.27. The number of pyridine rings is 1. The number of carbonyl (C=O) groups is 1. The van der Waals surface area contributed by atoms with Crippen LogP contribution < -0.4 is 10.9 Å². The summed E-state index contributed by atoms with van der Waals surface area (Å²) >= 11 is 0. The Kier molecular flexibility index (Phi) is 4.50. The lowest BCUT2D eigenvalue weighted by atomic mass is 10.1.